The molecule has 1 aromatic carbocycles. The third-order valence-electron chi connectivity index (χ3n) is 2.35. The van der Waals surface area contributed by atoms with E-state index in [0.717, 1.165) is 15.6 Å². The third-order valence-corrected chi connectivity index (χ3v) is 3.61. The van der Waals surface area contributed by atoms with E-state index in [1.165, 1.54) is 0 Å². The smallest absolute Gasteiger partial charge is 0.224 e. The molecule has 1 aromatic heterocycles. The Labute approximate surface area is 113 Å². The summed E-state index contributed by atoms with van der Waals surface area (Å²) in [6.45, 7) is 0.580. The van der Waals surface area contributed by atoms with Gasteiger partial charge in [-0.05, 0) is 40.1 Å². The van der Waals surface area contributed by atoms with Crippen LogP contribution in [-0.2, 0) is 17.8 Å². The molecule has 17 heavy (non-hydrogen) atoms. The van der Waals surface area contributed by atoms with Crippen molar-refractivity contribution in [1.29, 1.82) is 0 Å². The van der Waals surface area contributed by atoms with Crippen molar-refractivity contribution in [3.63, 3.8) is 0 Å². The van der Waals surface area contributed by atoms with Gasteiger partial charge in [0, 0.05) is 11.0 Å². The Balaban J connectivity index is 1.82. The van der Waals surface area contributed by atoms with Gasteiger partial charge in [-0.15, -0.1) is 0 Å². The van der Waals surface area contributed by atoms with Crippen LogP contribution >= 0.6 is 27.3 Å². The zero-order chi connectivity index (χ0) is 12.1. The summed E-state index contributed by atoms with van der Waals surface area (Å²) in [5, 5.41) is 6.89. The van der Waals surface area contributed by atoms with Crippen molar-refractivity contribution in [3.8, 4) is 0 Å². The highest BCUT2D eigenvalue weighted by Gasteiger charge is 2.03. The summed E-state index contributed by atoms with van der Waals surface area (Å²) in [5.74, 6) is 0.0614. The molecule has 0 atom stereocenters. The molecule has 0 bridgehead atoms. The lowest BCUT2D eigenvalue weighted by atomic mass is 10.2. The minimum Gasteiger partial charge on any atom is -0.352 e. The molecular formula is C13H12BrNOS. The second-order valence-electron chi connectivity index (χ2n) is 3.71. The standard InChI is InChI=1S/C13H12BrNOS/c14-12-3-1-10(2-4-12)8-15-13(16)7-11-5-6-17-9-11/h1-6,9H,7-8H2,(H,15,16). The predicted octanol–water partition coefficient (Wildman–Crippen LogP) is 3.37. The molecule has 0 fully saturated rings. The zero-order valence-corrected chi connectivity index (χ0v) is 11.6. The Kier molecular flexibility index (Phi) is 4.34. The molecule has 0 aliphatic rings. The van der Waals surface area contributed by atoms with Gasteiger partial charge in [-0.1, -0.05) is 28.1 Å². The van der Waals surface area contributed by atoms with Gasteiger partial charge in [0.2, 0.25) is 5.91 Å². The summed E-state index contributed by atoms with van der Waals surface area (Å²) in [7, 11) is 0. The Bertz CT molecular complexity index is 479. The van der Waals surface area contributed by atoms with Crippen LogP contribution in [0.5, 0.6) is 0 Å². The van der Waals surface area contributed by atoms with Gasteiger partial charge in [0.1, 0.15) is 0 Å². The molecule has 2 rings (SSSR count). The van der Waals surface area contributed by atoms with E-state index in [2.05, 4.69) is 21.2 Å². The van der Waals surface area contributed by atoms with Crippen molar-refractivity contribution in [2.75, 3.05) is 0 Å². The van der Waals surface area contributed by atoms with Gasteiger partial charge >= 0.3 is 0 Å². The molecule has 1 amide bonds. The fourth-order valence-corrected chi connectivity index (χ4v) is 2.38. The summed E-state index contributed by atoms with van der Waals surface area (Å²) in [6, 6.07) is 9.91. The molecule has 0 spiro atoms. The summed E-state index contributed by atoms with van der Waals surface area (Å²) < 4.78 is 1.05. The predicted molar refractivity (Wildman–Crippen MR) is 74.0 cm³/mol. The van der Waals surface area contributed by atoms with E-state index in [0.29, 0.717) is 13.0 Å². The molecule has 0 unspecified atom stereocenters. The van der Waals surface area contributed by atoms with Crippen LogP contribution in [-0.4, -0.2) is 5.91 Å². The van der Waals surface area contributed by atoms with Crippen LogP contribution in [0.2, 0.25) is 0 Å². The van der Waals surface area contributed by atoms with Gasteiger partial charge in [0.15, 0.2) is 0 Å². The minimum absolute atomic E-state index is 0.0614. The zero-order valence-electron chi connectivity index (χ0n) is 9.15. The van der Waals surface area contributed by atoms with Crippen molar-refractivity contribution in [3.05, 3.63) is 56.7 Å². The van der Waals surface area contributed by atoms with Gasteiger partial charge in [0.05, 0.1) is 6.42 Å². The highest BCUT2D eigenvalue weighted by atomic mass is 79.9. The summed E-state index contributed by atoms with van der Waals surface area (Å²) in [6.07, 6.45) is 0.458. The molecule has 0 saturated carbocycles. The van der Waals surface area contributed by atoms with Gasteiger partial charge in [-0.2, -0.15) is 11.3 Å². The lowest BCUT2D eigenvalue weighted by Crippen LogP contribution is -2.24. The second kappa shape index (κ2) is 5.98. The number of rotatable bonds is 4. The van der Waals surface area contributed by atoms with Crippen molar-refractivity contribution in [2.45, 2.75) is 13.0 Å². The number of amides is 1. The second-order valence-corrected chi connectivity index (χ2v) is 5.41. The van der Waals surface area contributed by atoms with Crippen LogP contribution in [0.25, 0.3) is 0 Å². The quantitative estimate of drug-likeness (QED) is 0.922. The van der Waals surface area contributed by atoms with E-state index in [1.807, 2.05) is 41.1 Å². The van der Waals surface area contributed by atoms with Crippen LogP contribution in [0.1, 0.15) is 11.1 Å². The summed E-state index contributed by atoms with van der Waals surface area (Å²) >= 11 is 4.99. The number of thiophene rings is 1. The van der Waals surface area contributed by atoms with Crippen molar-refractivity contribution in [2.24, 2.45) is 0 Å². The number of carbonyl (C=O) groups excluding carboxylic acids is 1. The van der Waals surface area contributed by atoms with Crippen molar-refractivity contribution in [1.82, 2.24) is 5.32 Å². The molecule has 2 nitrogen and oxygen atoms in total. The van der Waals surface area contributed by atoms with Crippen molar-refractivity contribution >= 4 is 33.2 Å². The number of hydrogen-bond donors (Lipinski definition) is 1. The van der Waals surface area contributed by atoms with Crippen LogP contribution in [0, 0.1) is 0 Å². The molecule has 1 N–H and O–H groups in total. The number of carbonyl (C=O) groups is 1. The van der Waals surface area contributed by atoms with Gasteiger partial charge < -0.3 is 5.32 Å². The lowest BCUT2D eigenvalue weighted by Gasteiger charge is -2.04. The maximum Gasteiger partial charge on any atom is 0.224 e. The van der Waals surface area contributed by atoms with Gasteiger partial charge in [0.25, 0.3) is 0 Å². The molecule has 1 heterocycles. The summed E-state index contributed by atoms with van der Waals surface area (Å²) in [4.78, 5) is 11.6. The molecule has 0 radical (unpaired) electrons. The van der Waals surface area contributed by atoms with E-state index in [-0.39, 0.29) is 5.91 Å². The molecule has 88 valence electrons. The molecular weight excluding hydrogens is 298 g/mol. The van der Waals surface area contributed by atoms with Gasteiger partial charge in [-0.25, -0.2) is 0 Å². The normalized spacial score (nSPS) is 10.2. The molecule has 4 heteroatoms. The van der Waals surface area contributed by atoms with Crippen LogP contribution in [0.15, 0.2) is 45.6 Å². The number of benzene rings is 1. The molecule has 0 aliphatic heterocycles. The van der Waals surface area contributed by atoms with E-state index in [1.54, 1.807) is 11.3 Å². The molecule has 2 aromatic rings. The highest BCUT2D eigenvalue weighted by molar-refractivity contribution is 9.10. The number of halogens is 1. The SMILES string of the molecule is O=C(Cc1ccsc1)NCc1ccc(Br)cc1. The lowest BCUT2D eigenvalue weighted by molar-refractivity contribution is -0.120. The highest BCUT2D eigenvalue weighted by Crippen LogP contribution is 2.10. The maximum atomic E-state index is 11.6. The fourth-order valence-electron chi connectivity index (χ4n) is 1.44. The largest absolute Gasteiger partial charge is 0.352 e. The minimum atomic E-state index is 0.0614. The number of hydrogen-bond acceptors (Lipinski definition) is 2. The van der Waals surface area contributed by atoms with Crippen molar-refractivity contribution < 1.29 is 4.79 Å². The van der Waals surface area contributed by atoms with Crippen LogP contribution < -0.4 is 5.32 Å². The van der Waals surface area contributed by atoms with Crippen LogP contribution in [0.4, 0.5) is 0 Å². The fraction of sp³-hybridized carbons (Fsp3) is 0.154. The number of nitrogens with one attached hydrogen (secondary N) is 1. The Morgan fingerprint density at radius 2 is 1.94 bits per heavy atom. The molecule has 0 aliphatic carbocycles. The van der Waals surface area contributed by atoms with E-state index in [4.69, 9.17) is 0 Å². The Morgan fingerprint density at radius 3 is 2.59 bits per heavy atom. The van der Waals surface area contributed by atoms with E-state index < -0.39 is 0 Å². The topological polar surface area (TPSA) is 29.1 Å². The van der Waals surface area contributed by atoms with E-state index >= 15 is 0 Å². The summed E-state index contributed by atoms with van der Waals surface area (Å²) in [5.41, 5.74) is 2.18. The Morgan fingerprint density at radius 1 is 1.18 bits per heavy atom. The first-order valence-electron chi connectivity index (χ1n) is 5.26. The first-order chi connectivity index (χ1) is 8.24. The molecule has 0 saturated heterocycles. The maximum absolute atomic E-state index is 11.6. The van der Waals surface area contributed by atoms with E-state index in [9.17, 15) is 4.79 Å². The first kappa shape index (κ1) is 12.3. The van der Waals surface area contributed by atoms with Gasteiger partial charge in [-0.3, -0.25) is 4.79 Å². The Hall–Kier alpha value is -1.13. The average Bonchev–Trinajstić information content (AvgIpc) is 2.81. The monoisotopic (exact) mass is 309 g/mol. The van der Waals surface area contributed by atoms with Crippen LogP contribution in [0.3, 0.4) is 0 Å². The first-order valence-corrected chi connectivity index (χ1v) is 7.00. The average molecular weight is 310 g/mol. The third kappa shape index (κ3) is 3.98.